The average molecular weight is 349 g/mol. The van der Waals surface area contributed by atoms with Gasteiger partial charge in [0.1, 0.15) is 11.3 Å². The lowest BCUT2D eigenvalue weighted by molar-refractivity contribution is -0.146. The van der Waals surface area contributed by atoms with E-state index in [9.17, 15) is 14.4 Å². The van der Waals surface area contributed by atoms with Crippen molar-refractivity contribution in [1.29, 1.82) is 0 Å². The molecule has 0 N–H and O–H groups in total. The predicted octanol–water partition coefficient (Wildman–Crippen LogP) is 2.88. The second kappa shape index (κ2) is 8.32. The van der Waals surface area contributed by atoms with Gasteiger partial charge in [0.05, 0.1) is 13.0 Å². The lowest BCUT2D eigenvalue weighted by Gasteiger charge is -2.30. The number of carbonyl (C=O) groups is 2. The van der Waals surface area contributed by atoms with Crippen LogP contribution < -0.4 is 5.63 Å². The van der Waals surface area contributed by atoms with E-state index in [-0.39, 0.29) is 29.3 Å². The number of hydrogen-bond acceptors (Lipinski definition) is 5. The number of methoxy groups -OCH3 is 1. The molecule has 1 unspecified atom stereocenters. The second-order valence-corrected chi connectivity index (χ2v) is 6.77. The zero-order valence-electron chi connectivity index (χ0n) is 15.5. The molecule has 2 heterocycles. The van der Waals surface area contributed by atoms with Gasteiger partial charge in [-0.2, -0.15) is 0 Å². The van der Waals surface area contributed by atoms with Gasteiger partial charge >= 0.3 is 11.6 Å². The largest absolute Gasteiger partial charge is 0.469 e. The number of amides is 1. The Bertz CT molecular complexity index is 686. The van der Waals surface area contributed by atoms with Crippen molar-refractivity contribution in [2.45, 2.75) is 52.4 Å². The Morgan fingerprint density at radius 2 is 2.00 bits per heavy atom. The molecule has 0 saturated carbocycles. The van der Waals surface area contributed by atoms with Crippen LogP contribution in [0.1, 0.15) is 67.1 Å². The van der Waals surface area contributed by atoms with E-state index in [2.05, 4.69) is 6.92 Å². The summed E-state index contributed by atoms with van der Waals surface area (Å²) in [7, 11) is 1.37. The van der Waals surface area contributed by atoms with Gasteiger partial charge in [0.2, 0.25) is 0 Å². The summed E-state index contributed by atoms with van der Waals surface area (Å²) in [5.74, 6) is 0.0480. The number of carbonyl (C=O) groups excluding carboxylic acids is 2. The molecule has 0 spiro atoms. The molecule has 1 aliphatic heterocycles. The third kappa shape index (κ3) is 4.30. The lowest BCUT2D eigenvalue weighted by atomic mass is 9.96. The highest BCUT2D eigenvalue weighted by Crippen LogP contribution is 2.23. The zero-order valence-corrected chi connectivity index (χ0v) is 15.5. The van der Waals surface area contributed by atoms with Gasteiger partial charge in [-0.1, -0.05) is 20.3 Å². The van der Waals surface area contributed by atoms with Crippen LogP contribution in [0.5, 0.6) is 0 Å². The topological polar surface area (TPSA) is 76.8 Å². The number of aryl methyl sites for hydroxylation is 1. The van der Waals surface area contributed by atoms with Crippen LogP contribution in [0.2, 0.25) is 0 Å². The predicted molar refractivity (Wildman–Crippen MR) is 93.7 cm³/mol. The second-order valence-electron chi connectivity index (χ2n) is 6.77. The summed E-state index contributed by atoms with van der Waals surface area (Å²) < 4.78 is 10.2. The summed E-state index contributed by atoms with van der Waals surface area (Å²) in [4.78, 5) is 38.3. The van der Waals surface area contributed by atoms with Crippen molar-refractivity contribution in [2.75, 3.05) is 20.2 Å². The molecule has 1 atom stereocenters. The van der Waals surface area contributed by atoms with Crippen molar-refractivity contribution in [3.63, 3.8) is 0 Å². The highest BCUT2D eigenvalue weighted by atomic mass is 16.5. The first kappa shape index (κ1) is 19.2. The standard InChI is InChI=1S/C19H27NO5/c1-5-6-12(2)15-11-13(3)16(19(23)25-15)17(21)20-9-7-14(8-10-20)18(22)24-4/h11-12,14H,5-10H2,1-4H3. The van der Waals surface area contributed by atoms with Gasteiger partial charge in [-0.05, 0) is 37.8 Å². The summed E-state index contributed by atoms with van der Waals surface area (Å²) in [5.41, 5.74) is 0.177. The molecular formula is C19H27NO5. The molecule has 0 radical (unpaired) electrons. The summed E-state index contributed by atoms with van der Waals surface area (Å²) >= 11 is 0. The van der Waals surface area contributed by atoms with Gasteiger partial charge in [-0.3, -0.25) is 9.59 Å². The Balaban J connectivity index is 2.15. The fraction of sp³-hybridized carbons (Fsp3) is 0.632. The molecule has 0 aliphatic carbocycles. The van der Waals surface area contributed by atoms with Crippen LogP contribution in [0.4, 0.5) is 0 Å². The fourth-order valence-corrected chi connectivity index (χ4v) is 3.35. The van der Waals surface area contributed by atoms with E-state index < -0.39 is 5.63 Å². The normalized spacial score (nSPS) is 16.6. The van der Waals surface area contributed by atoms with Crippen LogP contribution in [0.15, 0.2) is 15.3 Å². The van der Waals surface area contributed by atoms with Crippen LogP contribution in [0.25, 0.3) is 0 Å². The molecule has 0 bridgehead atoms. The average Bonchev–Trinajstić information content (AvgIpc) is 2.60. The third-order valence-corrected chi connectivity index (χ3v) is 4.91. The number of rotatable bonds is 5. The maximum absolute atomic E-state index is 12.7. The molecule has 6 nitrogen and oxygen atoms in total. The van der Waals surface area contributed by atoms with Gasteiger partial charge in [0, 0.05) is 19.0 Å². The molecule has 138 valence electrons. The molecule has 1 amide bonds. The van der Waals surface area contributed by atoms with Gasteiger partial charge in [-0.25, -0.2) is 4.79 Å². The molecule has 1 saturated heterocycles. The smallest absolute Gasteiger partial charge is 0.349 e. The van der Waals surface area contributed by atoms with Crippen molar-refractivity contribution in [2.24, 2.45) is 5.92 Å². The third-order valence-electron chi connectivity index (χ3n) is 4.91. The number of hydrogen-bond donors (Lipinski definition) is 0. The Morgan fingerprint density at radius 1 is 1.36 bits per heavy atom. The summed E-state index contributed by atoms with van der Waals surface area (Å²) in [6.45, 7) is 6.74. The van der Waals surface area contributed by atoms with Crippen molar-refractivity contribution < 1.29 is 18.7 Å². The van der Waals surface area contributed by atoms with Gasteiger partial charge in [-0.15, -0.1) is 0 Å². The molecular weight excluding hydrogens is 322 g/mol. The Labute approximate surface area is 148 Å². The van der Waals surface area contributed by atoms with Crippen LogP contribution in [-0.4, -0.2) is 37.0 Å². The highest BCUT2D eigenvalue weighted by molar-refractivity contribution is 5.95. The van der Waals surface area contributed by atoms with Crippen molar-refractivity contribution >= 4 is 11.9 Å². The van der Waals surface area contributed by atoms with Crippen LogP contribution >= 0.6 is 0 Å². The van der Waals surface area contributed by atoms with Gasteiger partial charge in [0.25, 0.3) is 5.91 Å². The van der Waals surface area contributed by atoms with Gasteiger partial charge < -0.3 is 14.1 Å². The van der Waals surface area contributed by atoms with Crippen molar-refractivity contribution in [1.82, 2.24) is 4.90 Å². The molecule has 1 aliphatic rings. The monoisotopic (exact) mass is 349 g/mol. The first-order chi connectivity index (χ1) is 11.9. The van der Waals surface area contributed by atoms with E-state index >= 15 is 0 Å². The minimum atomic E-state index is -0.571. The van der Waals surface area contributed by atoms with E-state index in [1.807, 2.05) is 6.92 Å². The minimum Gasteiger partial charge on any atom is -0.469 e. The van der Waals surface area contributed by atoms with E-state index in [0.29, 0.717) is 37.3 Å². The molecule has 2 rings (SSSR count). The molecule has 0 aromatic carbocycles. The van der Waals surface area contributed by atoms with Crippen LogP contribution in [0.3, 0.4) is 0 Å². The molecule has 1 aromatic rings. The number of likely N-dealkylation sites (tertiary alicyclic amines) is 1. The summed E-state index contributed by atoms with van der Waals surface area (Å²) in [5, 5.41) is 0. The number of piperidine rings is 1. The van der Waals surface area contributed by atoms with E-state index in [1.165, 1.54) is 7.11 Å². The maximum Gasteiger partial charge on any atom is 0.349 e. The van der Waals surface area contributed by atoms with Crippen molar-refractivity contribution in [3.8, 4) is 0 Å². The number of nitrogens with zero attached hydrogens (tertiary/aromatic N) is 1. The number of esters is 1. The number of ether oxygens (including phenoxy) is 1. The van der Waals surface area contributed by atoms with E-state index in [4.69, 9.17) is 9.15 Å². The van der Waals surface area contributed by atoms with Crippen LogP contribution in [0, 0.1) is 12.8 Å². The minimum absolute atomic E-state index is 0.101. The zero-order chi connectivity index (χ0) is 18.6. The Morgan fingerprint density at radius 3 is 2.52 bits per heavy atom. The lowest BCUT2D eigenvalue weighted by Crippen LogP contribution is -2.42. The SMILES string of the molecule is CCCC(C)c1cc(C)c(C(=O)N2CCC(C(=O)OC)CC2)c(=O)o1. The van der Waals surface area contributed by atoms with Gasteiger partial charge in [0.15, 0.2) is 0 Å². The summed E-state index contributed by atoms with van der Waals surface area (Å²) in [6.07, 6.45) is 3.03. The van der Waals surface area contributed by atoms with E-state index in [1.54, 1.807) is 17.9 Å². The van der Waals surface area contributed by atoms with Crippen molar-refractivity contribution in [3.05, 3.63) is 33.4 Å². The molecule has 1 aromatic heterocycles. The molecule has 6 heteroatoms. The molecule has 25 heavy (non-hydrogen) atoms. The fourth-order valence-electron chi connectivity index (χ4n) is 3.35. The Hall–Kier alpha value is -2.11. The first-order valence-corrected chi connectivity index (χ1v) is 8.90. The first-order valence-electron chi connectivity index (χ1n) is 8.90. The quantitative estimate of drug-likeness (QED) is 0.764. The van der Waals surface area contributed by atoms with E-state index in [0.717, 1.165) is 12.8 Å². The van der Waals surface area contributed by atoms with Crippen LogP contribution in [-0.2, 0) is 9.53 Å². The molecule has 1 fully saturated rings. The Kier molecular flexibility index (Phi) is 6.39. The highest BCUT2D eigenvalue weighted by Gasteiger charge is 2.30. The maximum atomic E-state index is 12.7. The summed E-state index contributed by atoms with van der Waals surface area (Å²) in [6, 6.07) is 1.80.